The Morgan fingerprint density at radius 3 is 2.78 bits per heavy atom. The van der Waals surface area contributed by atoms with E-state index in [-0.39, 0.29) is 0 Å². The maximum atomic E-state index is 9.09. The van der Waals surface area contributed by atoms with Crippen LogP contribution in [0.4, 0.5) is 5.82 Å². The molecule has 0 amide bonds. The molecule has 0 unspecified atom stereocenters. The minimum absolute atomic E-state index is 0.429. The van der Waals surface area contributed by atoms with Crippen LogP contribution < -0.4 is 10.5 Å². The Morgan fingerprint density at radius 2 is 1.96 bits per heavy atom. The van der Waals surface area contributed by atoms with Gasteiger partial charge in [-0.25, -0.2) is 15.0 Å². The van der Waals surface area contributed by atoms with E-state index in [1.807, 2.05) is 36.4 Å². The summed E-state index contributed by atoms with van der Waals surface area (Å²) in [5, 5.41) is 9.92. The maximum Gasteiger partial charge on any atom is 0.213 e. The van der Waals surface area contributed by atoms with Gasteiger partial charge in [0.2, 0.25) is 5.88 Å². The first kappa shape index (κ1) is 16.9. The van der Waals surface area contributed by atoms with E-state index in [0.717, 1.165) is 26.4 Å². The number of pyridine rings is 1. The molecule has 4 aromatic rings. The molecule has 0 fully saturated rings. The molecule has 0 saturated heterocycles. The Hall–Kier alpha value is -3.50. The van der Waals surface area contributed by atoms with Crippen molar-refractivity contribution in [2.45, 2.75) is 6.42 Å². The minimum Gasteiger partial charge on any atom is -0.481 e. The Labute approximate surface area is 159 Å². The van der Waals surface area contributed by atoms with Crippen LogP contribution in [-0.4, -0.2) is 22.1 Å². The summed E-state index contributed by atoms with van der Waals surface area (Å²) in [7, 11) is 1.60. The van der Waals surface area contributed by atoms with Crippen molar-refractivity contribution in [2.24, 2.45) is 0 Å². The van der Waals surface area contributed by atoms with Gasteiger partial charge in [0, 0.05) is 28.6 Å². The molecule has 6 nitrogen and oxygen atoms in total. The molecule has 0 aliphatic rings. The zero-order chi connectivity index (χ0) is 18.8. The molecule has 0 saturated carbocycles. The van der Waals surface area contributed by atoms with Gasteiger partial charge < -0.3 is 10.5 Å². The molecule has 0 spiro atoms. The van der Waals surface area contributed by atoms with Gasteiger partial charge in [0.15, 0.2) is 5.82 Å². The van der Waals surface area contributed by atoms with Crippen molar-refractivity contribution in [3.63, 3.8) is 0 Å². The Bertz CT molecular complexity index is 1180. The highest BCUT2D eigenvalue weighted by atomic mass is 32.1. The van der Waals surface area contributed by atoms with E-state index in [2.05, 4.69) is 21.0 Å². The summed E-state index contributed by atoms with van der Waals surface area (Å²) in [6, 6.07) is 17.0. The van der Waals surface area contributed by atoms with E-state index in [0.29, 0.717) is 29.5 Å². The lowest BCUT2D eigenvalue weighted by Gasteiger charge is -2.02. The van der Waals surface area contributed by atoms with Gasteiger partial charge in [-0.3, -0.25) is 0 Å². The second-order valence-electron chi connectivity index (χ2n) is 5.90. The lowest BCUT2D eigenvalue weighted by atomic mass is 10.1. The molecule has 0 atom stereocenters. The van der Waals surface area contributed by atoms with Gasteiger partial charge >= 0.3 is 0 Å². The third-order valence-electron chi connectivity index (χ3n) is 4.07. The molecule has 2 N–H and O–H groups in total. The molecular formula is C20H15N5OS. The van der Waals surface area contributed by atoms with Crippen LogP contribution in [0, 0.1) is 11.3 Å². The van der Waals surface area contributed by atoms with Crippen LogP contribution in [0.25, 0.3) is 21.6 Å². The number of aromatic nitrogens is 3. The van der Waals surface area contributed by atoms with Crippen LogP contribution in [0.2, 0.25) is 0 Å². The molecule has 3 heterocycles. The largest absolute Gasteiger partial charge is 0.481 e. The number of rotatable bonds is 4. The van der Waals surface area contributed by atoms with E-state index >= 15 is 0 Å². The summed E-state index contributed by atoms with van der Waals surface area (Å²) < 4.78 is 5.18. The minimum atomic E-state index is 0.429. The first-order valence-corrected chi connectivity index (χ1v) is 9.04. The molecule has 7 heteroatoms. The standard InChI is InChI=1S/C20H15N5OS/c1-26-17-7-3-6-14(23-17)9-15-10-16-18(22)24-19(25-20(16)27-15)13-5-2-4-12(8-13)11-21/h2-8,10H,9H2,1H3,(H2,22,24,25). The second kappa shape index (κ2) is 7.02. The number of hydrogen-bond acceptors (Lipinski definition) is 7. The number of fused-ring (bicyclic) bond motifs is 1. The molecule has 27 heavy (non-hydrogen) atoms. The number of benzene rings is 1. The number of nitrogen functional groups attached to an aromatic ring is 1. The van der Waals surface area contributed by atoms with Crippen LogP contribution in [-0.2, 0) is 6.42 Å². The van der Waals surface area contributed by atoms with E-state index < -0.39 is 0 Å². The first-order chi connectivity index (χ1) is 13.2. The van der Waals surface area contributed by atoms with Crippen molar-refractivity contribution in [2.75, 3.05) is 12.8 Å². The fraction of sp³-hybridized carbons (Fsp3) is 0.100. The zero-order valence-corrected chi connectivity index (χ0v) is 15.3. The zero-order valence-electron chi connectivity index (χ0n) is 14.5. The van der Waals surface area contributed by atoms with Gasteiger partial charge in [-0.1, -0.05) is 18.2 Å². The molecule has 132 valence electrons. The van der Waals surface area contributed by atoms with Crippen LogP contribution in [0.5, 0.6) is 5.88 Å². The average Bonchev–Trinajstić information content (AvgIpc) is 3.11. The number of nitriles is 1. The Balaban J connectivity index is 1.72. The Morgan fingerprint density at radius 1 is 1.11 bits per heavy atom. The van der Waals surface area contributed by atoms with Crippen molar-refractivity contribution in [3.8, 4) is 23.3 Å². The first-order valence-electron chi connectivity index (χ1n) is 8.22. The topological polar surface area (TPSA) is 97.7 Å². The smallest absolute Gasteiger partial charge is 0.213 e. The summed E-state index contributed by atoms with van der Waals surface area (Å²) in [4.78, 5) is 15.4. The van der Waals surface area contributed by atoms with Crippen LogP contribution >= 0.6 is 11.3 Å². The maximum absolute atomic E-state index is 9.09. The SMILES string of the molecule is COc1cccc(Cc2cc3c(N)nc(-c4cccc(C#N)c4)nc3s2)n1. The predicted molar refractivity (Wildman–Crippen MR) is 106 cm³/mol. The molecule has 0 aliphatic carbocycles. The molecule has 0 aliphatic heterocycles. The monoisotopic (exact) mass is 373 g/mol. The summed E-state index contributed by atoms with van der Waals surface area (Å²) in [5.41, 5.74) is 8.41. The fourth-order valence-corrected chi connectivity index (χ4v) is 3.84. The number of methoxy groups -OCH3 is 1. The number of thiophene rings is 1. The number of ether oxygens (including phenoxy) is 1. The molecule has 0 radical (unpaired) electrons. The third kappa shape index (κ3) is 3.43. The summed E-state index contributed by atoms with van der Waals surface area (Å²) in [6.45, 7) is 0. The fourth-order valence-electron chi connectivity index (χ4n) is 2.79. The highest BCUT2D eigenvalue weighted by Gasteiger charge is 2.12. The van der Waals surface area contributed by atoms with E-state index in [1.54, 1.807) is 30.6 Å². The van der Waals surface area contributed by atoms with Crippen LogP contribution in [0.3, 0.4) is 0 Å². The van der Waals surface area contributed by atoms with Gasteiger partial charge in [-0.2, -0.15) is 5.26 Å². The van der Waals surface area contributed by atoms with Gasteiger partial charge in [-0.05, 0) is 24.3 Å². The number of anilines is 1. The number of hydrogen-bond donors (Lipinski definition) is 1. The van der Waals surface area contributed by atoms with Crippen LogP contribution in [0.15, 0.2) is 48.5 Å². The van der Waals surface area contributed by atoms with Crippen molar-refractivity contribution in [1.82, 2.24) is 15.0 Å². The Kier molecular flexibility index (Phi) is 4.40. The molecular weight excluding hydrogens is 358 g/mol. The highest BCUT2D eigenvalue weighted by molar-refractivity contribution is 7.18. The summed E-state index contributed by atoms with van der Waals surface area (Å²) in [6.07, 6.45) is 0.664. The van der Waals surface area contributed by atoms with Crippen molar-refractivity contribution in [1.29, 1.82) is 5.26 Å². The normalized spacial score (nSPS) is 10.7. The third-order valence-corrected chi connectivity index (χ3v) is 5.10. The highest BCUT2D eigenvalue weighted by Crippen LogP contribution is 2.31. The number of nitrogens with zero attached hydrogens (tertiary/aromatic N) is 4. The lowest BCUT2D eigenvalue weighted by molar-refractivity contribution is 0.396. The van der Waals surface area contributed by atoms with Gasteiger partial charge in [0.1, 0.15) is 10.6 Å². The number of nitrogens with two attached hydrogens (primary N) is 1. The molecule has 3 aromatic heterocycles. The summed E-state index contributed by atoms with van der Waals surface area (Å²) in [5.74, 6) is 1.54. The predicted octanol–water partition coefficient (Wildman–Crippen LogP) is 3.81. The summed E-state index contributed by atoms with van der Waals surface area (Å²) >= 11 is 1.56. The average molecular weight is 373 g/mol. The molecule has 0 bridgehead atoms. The molecule has 4 rings (SSSR count). The van der Waals surface area contributed by atoms with Crippen molar-refractivity contribution in [3.05, 3.63) is 64.7 Å². The molecule has 1 aromatic carbocycles. The quantitative estimate of drug-likeness (QED) is 0.584. The van der Waals surface area contributed by atoms with E-state index in [1.165, 1.54) is 0 Å². The van der Waals surface area contributed by atoms with E-state index in [4.69, 9.17) is 15.7 Å². The van der Waals surface area contributed by atoms with Gasteiger partial charge in [0.05, 0.1) is 24.1 Å². The second-order valence-corrected chi connectivity index (χ2v) is 7.02. The van der Waals surface area contributed by atoms with E-state index in [9.17, 15) is 0 Å². The van der Waals surface area contributed by atoms with Crippen LogP contribution in [0.1, 0.15) is 16.1 Å². The van der Waals surface area contributed by atoms with Gasteiger partial charge in [0.25, 0.3) is 0 Å². The van der Waals surface area contributed by atoms with Crippen molar-refractivity contribution < 1.29 is 4.74 Å². The van der Waals surface area contributed by atoms with Crippen molar-refractivity contribution >= 4 is 27.4 Å². The van der Waals surface area contributed by atoms with Gasteiger partial charge in [-0.15, -0.1) is 11.3 Å². The lowest BCUT2D eigenvalue weighted by Crippen LogP contribution is -1.96.